The molecule has 0 saturated heterocycles. The average Bonchev–Trinajstić information content (AvgIpc) is 3.78. The van der Waals surface area contributed by atoms with Gasteiger partial charge >= 0.3 is 6.55 Å². The highest BCUT2D eigenvalue weighted by Crippen LogP contribution is 2.36. The number of hydrogen-bond donors (Lipinski definition) is 1. The van der Waals surface area contributed by atoms with Crippen molar-refractivity contribution in [2.75, 3.05) is 0 Å². The number of pyridine rings is 1. The summed E-state index contributed by atoms with van der Waals surface area (Å²) in [6.07, 6.45) is 5.13. The lowest BCUT2D eigenvalue weighted by molar-refractivity contribution is -0.616. The third-order valence-electron chi connectivity index (χ3n) is 6.68. The Kier molecular flexibility index (Phi) is 7.14. The molecule has 4 aromatic heterocycles. The molecule has 1 N–H and O–H groups in total. The van der Waals surface area contributed by atoms with Crippen LogP contribution in [0.4, 0.5) is 13.2 Å². The summed E-state index contributed by atoms with van der Waals surface area (Å²) >= 11 is 6.06. The van der Waals surface area contributed by atoms with Gasteiger partial charge in [-0.3, -0.25) is 4.68 Å². The first kappa shape index (κ1) is 27.1. The van der Waals surface area contributed by atoms with Crippen LogP contribution in [-0.2, 0) is 0 Å². The first-order chi connectivity index (χ1) is 20.3. The molecule has 212 valence electrons. The summed E-state index contributed by atoms with van der Waals surface area (Å²) in [6.45, 7) is -2.88. The molecule has 6 aromatic rings. The Morgan fingerprint density at radius 2 is 1.79 bits per heavy atom. The Bertz CT molecular complexity index is 1850. The predicted octanol–water partition coefficient (Wildman–Crippen LogP) is 4.53. The molecule has 15 heteroatoms. The van der Waals surface area contributed by atoms with Crippen molar-refractivity contribution in [1.29, 1.82) is 0 Å². The fourth-order valence-electron chi connectivity index (χ4n) is 4.74. The van der Waals surface area contributed by atoms with E-state index >= 15 is 4.39 Å². The lowest BCUT2D eigenvalue weighted by atomic mass is 9.97. The molecule has 0 aliphatic rings. The van der Waals surface area contributed by atoms with E-state index in [4.69, 9.17) is 11.6 Å². The minimum absolute atomic E-state index is 0.0206. The van der Waals surface area contributed by atoms with Crippen molar-refractivity contribution in [1.82, 2.24) is 39.8 Å². The van der Waals surface area contributed by atoms with Crippen LogP contribution >= 0.6 is 11.6 Å². The van der Waals surface area contributed by atoms with Gasteiger partial charge in [0.05, 0.1) is 33.7 Å². The van der Waals surface area contributed by atoms with E-state index in [1.807, 2.05) is 0 Å². The third kappa shape index (κ3) is 4.86. The second-order valence-electron chi connectivity index (χ2n) is 9.13. The Balaban J connectivity index is 1.47. The highest BCUT2D eigenvalue weighted by Gasteiger charge is 2.33. The summed E-state index contributed by atoms with van der Waals surface area (Å²) in [5.74, 6) is -0.786. The van der Waals surface area contributed by atoms with Crippen LogP contribution in [0.5, 0.6) is 0 Å². The van der Waals surface area contributed by atoms with E-state index in [1.54, 1.807) is 30.3 Å². The number of rotatable bonds is 8. The minimum atomic E-state index is -2.88. The SMILES string of the molecule is [O-][n+]1cc(-c2c(-n3cnnn3)ccc(Cl)c2F)ccc1[C@H]([C@@H](O)c1ccccc1)n1cc(-c2ccnn2C(F)F)cn1. The van der Waals surface area contributed by atoms with Gasteiger partial charge in [-0.15, -0.1) is 5.10 Å². The molecule has 42 heavy (non-hydrogen) atoms. The molecule has 0 unspecified atom stereocenters. The Morgan fingerprint density at radius 1 is 0.976 bits per heavy atom. The van der Waals surface area contributed by atoms with Crippen molar-refractivity contribution in [2.24, 2.45) is 0 Å². The number of alkyl halides is 2. The number of nitrogens with zero attached hydrogens (tertiary/aromatic N) is 9. The van der Waals surface area contributed by atoms with Crippen molar-refractivity contribution in [3.05, 3.63) is 119 Å². The molecular formula is C27H19ClF3N9O2. The number of tetrazole rings is 1. The largest absolute Gasteiger partial charge is 0.618 e. The van der Waals surface area contributed by atoms with Crippen LogP contribution in [-0.4, -0.2) is 44.9 Å². The molecule has 0 aliphatic heterocycles. The fourth-order valence-corrected chi connectivity index (χ4v) is 4.90. The predicted molar refractivity (Wildman–Crippen MR) is 143 cm³/mol. The Morgan fingerprint density at radius 3 is 2.50 bits per heavy atom. The topological polar surface area (TPSA) is 126 Å². The molecule has 0 bridgehead atoms. The van der Waals surface area contributed by atoms with Crippen LogP contribution < -0.4 is 4.73 Å². The van der Waals surface area contributed by atoms with Crippen molar-refractivity contribution in [3.63, 3.8) is 0 Å². The van der Waals surface area contributed by atoms with E-state index in [2.05, 4.69) is 25.7 Å². The summed E-state index contributed by atoms with van der Waals surface area (Å²) in [5.41, 5.74) is 1.28. The number of benzene rings is 2. The van der Waals surface area contributed by atoms with Gasteiger partial charge in [-0.1, -0.05) is 41.9 Å². The van der Waals surface area contributed by atoms with Crippen LogP contribution in [0, 0.1) is 11.0 Å². The van der Waals surface area contributed by atoms with Gasteiger partial charge in [0.15, 0.2) is 18.1 Å². The molecule has 4 heterocycles. The van der Waals surface area contributed by atoms with Crippen LogP contribution in [0.1, 0.15) is 30.0 Å². The Labute approximate surface area is 240 Å². The molecule has 0 aliphatic carbocycles. The normalized spacial score (nSPS) is 13.0. The summed E-state index contributed by atoms with van der Waals surface area (Å²) in [7, 11) is 0. The molecule has 0 radical (unpaired) electrons. The molecular weight excluding hydrogens is 575 g/mol. The molecule has 11 nitrogen and oxygen atoms in total. The van der Waals surface area contributed by atoms with Crippen LogP contribution in [0.2, 0.25) is 5.02 Å². The zero-order valence-electron chi connectivity index (χ0n) is 21.3. The fraction of sp³-hybridized carbons (Fsp3) is 0.111. The zero-order valence-corrected chi connectivity index (χ0v) is 22.0. The third-order valence-corrected chi connectivity index (χ3v) is 6.97. The zero-order chi connectivity index (χ0) is 29.4. The maximum absolute atomic E-state index is 15.3. The summed E-state index contributed by atoms with van der Waals surface area (Å²) in [6, 6.07) is 14.6. The van der Waals surface area contributed by atoms with Crippen molar-refractivity contribution < 1.29 is 23.0 Å². The van der Waals surface area contributed by atoms with E-state index in [9.17, 15) is 19.1 Å². The van der Waals surface area contributed by atoms with E-state index in [0.717, 1.165) is 6.20 Å². The van der Waals surface area contributed by atoms with Gasteiger partial charge in [-0.2, -0.15) is 28.4 Å². The van der Waals surface area contributed by atoms with E-state index in [-0.39, 0.29) is 33.2 Å². The van der Waals surface area contributed by atoms with Crippen LogP contribution in [0.25, 0.3) is 28.1 Å². The lowest BCUT2D eigenvalue weighted by Gasteiger charge is -2.23. The van der Waals surface area contributed by atoms with Gasteiger partial charge in [-0.05, 0) is 40.3 Å². The summed E-state index contributed by atoms with van der Waals surface area (Å²) in [4.78, 5) is 0. The smallest absolute Gasteiger partial charge is 0.333 e. The minimum Gasteiger partial charge on any atom is -0.618 e. The van der Waals surface area contributed by atoms with E-state index in [1.165, 1.54) is 64.6 Å². The molecule has 0 saturated carbocycles. The number of hydrogen-bond acceptors (Lipinski definition) is 7. The monoisotopic (exact) mass is 593 g/mol. The summed E-state index contributed by atoms with van der Waals surface area (Å²) in [5, 5.41) is 43.8. The van der Waals surface area contributed by atoms with E-state index in [0.29, 0.717) is 20.5 Å². The van der Waals surface area contributed by atoms with Crippen LogP contribution in [0.15, 0.2) is 91.8 Å². The number of aliphatic hydroxyl groups excluding tert-OH is 1. The second kappa shape index (κ2) is 11.1. The van der Waals surface area contributed by atoms with Crippen LogP contribution in [0.3, 0.4) is 0 Å². The first-order valence-electron chi connectivity index (χ1n) is 12.4. The van der Waals surface area contributed by atoms with Gasteiger partial charge in [0.2, 0.25) is 5.69 Å². The first-order valence-corrected chi connectivity index (χ1v) is 12.8. The van der Waals surface area contributed by atoms with Gasteiger partial charge < -0.3 is 10.3 Å². The number of halogens is 4. The van der Waals surface area contributed by atoms with E-state index < -0.39 is 24.5 Å². The molecule has 2 aromatic carbocycles. The summed E-state index contributed by atoms with van der Waals surface area (Å²) < 4.78 is 45.8. The average molecular weight is 594 g/mol. The number of aliphatic hydroxyl groups is 1. The second-order valence-corrected chi connectivity index (χ2v) is 9.53. The maximum atomic E-state index is 15.3. The highest BCUT2D eigenvalue weighted by atomic mass is 35.5. The molecule has 0 amide bonds. The highest BCUT2D eigenvalue weighted by molar-refractivity contribution is 6.31. The number of aromatic nitrogens is 9. The maximum Gasteiger partial charge on any atom is 0.333 e. The Hall–Kier alpha value is -5.08. The van der Waals surface area contributed by atoms with Gasteiger partial charge in [0.25, 0.3) is 0 Å². The molecule has 0 fully saturated rings. The van der Waals surface area contributed by atoms with Gasteiger partial charge in [0, 0.05) is 24.0 Å². The van der Waals surface area contributed by atoms with Crippen molar-refractivity contribution in [2.45, 2.75) is 18.7 Å². The van der Waals surface area contributed by atoms with Crippen molar-refractivity contribution >= 4 is 11.6 Å². The van der Waals surface area contributed by atoms with Gasteiger partial charge in [0.1, 0.15) is 12.4 Å². The standard InChI is InChI=1S/C27H19ClF3N9O2/c28-19-7-9-21(38-15-32-35-36-38)23(24(19)29)17-6-8-22(39(42)14-17)25(26(41)16-4-2-1-3-5-16)37-13-18(12-34-37)20-10-11-33-40(20)27(30)31/h1-15,25-27,41H/t25-,26+/m1/s1. The lowest BCUT2D eigenvalue weighted by Crippen LogP contribution is -2.37. The molecule has 6 rings (SSSR count). The molecule has 0 spiro atoms. The molecule has 2 atom stereocenters. The van der Waals surface area contributed by atoms with Gasteiger partial charge in [-0.25, -0.2) is 9.07 Å². The quantitative estimate of drug-likeness (QED) is 0.203. The van der Waals surface area contributed by atoms with Crippen molar-refractivity contribution in [3.8, 4) is 28.1 Å².